The first-order valence-corrected chi connectivity index (χ1v) is 13.9. The second kappa shape index (κ2) is 19.8. The smallest absolute Gasteiger partial charge is 0.0977 e. The number of hydrogen-bond donors (Lipinski definition) is 2. The monoisotopic (exact) mass is 560 g/mol. The van der Waals surface area contributed by atoms with Gasteiger partial charge in [0.2, 0.25) is 0 Å². The van der Waals surface area contributed by atoms with Crippen molar-refractivity contribution in [1.82, 2.24) is 0 Å². The minimum Gasteiger partial charge on any atom is -0.394 e. The van der Waals surface area contributed by atoms with Gasteiger partial charge in [0.1, 0.15) is 0 Å². The molecule has 2 N–H and O–H groups in total. The molecule has 3 rings (SSSR count). The van der Waals surface area contributed by atoms with Gasteiger partial charge in [0, 0.05) is 16.7 Å². The summed E-state index contributed by atoms with van der Waals surface area (Å²) in [4.78, 5) is 0. The van der Waals surface area contributed by atoms with Gasteiger partial charge in [0.15, 0.2) is 0 Å². The van der Waals surface area contributed by atoms with Crippen LogP contribution in [0.5, 0.6) is 0 Å². The third-order valence-corrected chi connectivity index (χ3v) is 6.15. The van der Waals surface area contributed by atoms with E-state index < -0.39 is 11.5 Å². The van der Waals surface area contributed by atoms with Crippen LogP contribution in [-0.2, 0) is 23.7 Å². The van der Waals surface area contributed by atoms with Gasteiger partial charge in [-0.2, -0.15) is 0 Å². The molecule has 0 heterocycles. The van der Waals surface area contributed by atoms with Crippen LogP contribution in [0.4, 0.5) is 0 Å². The van der Waals surface area contributed by atoms with Gasteiger partial charge >= 0.3 is 0 Å². The Bertz CT molecular complexity index is 1170. The molecule has 0 saturated heterocycles. The Kier molecular flexibility index (Phi) is 15.6. The van der Waals surface area contributed by atoms with Gasteiger partial charge in [-0.15, -0.1) is 0 Å². The predicted molar refractivity (Wildman–Crippen MR) is 158 cm³/mol. The standard InChI is InChI=1S/C34H40O7/c35-19-20-37-21-22-38-23-24-39-25-26-40-27-28-41-29-33(36)34(16-13-31-9-5-2-6-10-31)17-14-32(15-18-34)12-11-30-7-3-1-4-8-30/h1-10,14-15,17,33,35-36H,18-29H2. The zero-order valence-corrected chi connectivity index (χ0v) is 23.5. The Morgan fingerprint density at radius 2 is 1.17 bits per heavy atom. The Morgan fingerprint density at radius 3 is 1.68 bits per heavy atom. The molecule has 2 unspecified atom stereocenters. The van der Waals surface area contributed by atoms with E-state index in [9.17, 15) is 5.11 Å². The Hall–Kier alpha value is -3.24. The zero-order valence-electron chi connectivity index (χ0n) is 23.5. The van der Waals surface area contributed by atoms with E-state index in [1.807, 2.05) is 78.9 Å². The molecule has 0 aliphatic heterocycles. The van der Waals surface area contributed by atoms with Crippen LogP contribution in [0.1, 0.15) is 17.5 Å². The van der Waals surface area contributed by atoms with E-state index in [4.69, 9.17) is 28.8 Å². The molecule has 7 nitrogen and oxygen atoms in total. The van der Waals surface area contributed by atoms with Gasteiger partial charge in [-0.25, -0.2) is 0 Å². The summed E-state index contributed by atoms with van der Waals surface area (Å²) >= 11 is 0. The topological polar surface area (TPSA) is 86.6 Å². The number of allylic oxidation sites excluding steroid dienone is 3. The van der Waals surface area contributed by atoms with Gasteiger partial charge < -0.3 is 33.9 Å². The fourth-order valence-electron chi connectivity index (χ4n) is 3.83. The van der Waals surface area contributed by atoms with Gasteiger partial charge in [0.25, 0.3) is 0 Å². The number of aliphatic hydroxyl groups is 2. The summed E-state index contributed by atoms with van der Waals surface area (Å²) in [6.45, 7) is 3.99. The van der Waals surface area contributed by atoms with Crippen LogP contribution >= 0.6 is 0 Å². The van der Waals surface area contributed by atoms with Gasteiger partial charge in [-0.3, -0.25) is 0 Å². The molecule has 0 bridgehead atoms. The van der Waals surface area contributed by atoms with Gasteiger partial charge in [-0.05, 0) is 36.8 Å². The Morgan fingerprint density at radius 1 is 0.659 bits per heavy atom. The number of hydrogen-bond acceptors (Lipinski definition) is 7. The largest absolute Gasteiger partial charge is 0.394 e. The molecule has 0 saturated carbocycles. The SMILES string of the molecule is OCCOCCOCCOCCOCCOCC(O)C1(C#Cc2ccccc2)C=CC(C#Cc2ccccc2)=CC1. The third-order valence-electron chi connectivity index (χ3n) is 6.15. The Labute approximate surface area is 243 Å². The lowest BCUT2D eigenvalue weighted by molar-refractivity contribution is -0.0340. The molecule has 2 aromatic carbocycles. The van der Waals surface area contributed by atoms with Crippen molar-refractivity contribution < 1.29 is 33.9 Å². The molecule has 218 valence electrons. The summed E-state index contributed by atoms with van der Waals surface area (Å²) < 4.78 is 27.2. The first-order chi connectivity index (χ1) is 20.2. The van der Waals surface area contributed by atoms with Crippen molar-refractivity contribution in [3.05, 3.63) is 95.6 Å². The van der Waals surface area contributed by atoms with Gasteiger partial charge in [-0.1, -0.05) is 72.2 Å². The van der Waals surface area contributed by atoms with Crippen molar-refractivity contribution in [2.45, 2.75) is 12.5 Å². The van der Waals surface area contributed by atoms with Crippen molar-refractivity contribution in [2.75, 3.05) is 72.7 Å². The maximum absolute atomic E-state index is 11.2. The van der Waals surface area contributed by atoms with Crippen LogP contribution in [0.15, 0.2) is 84.5 Å². The highest BCUT2D eigenvalue weighted by Crippen LogP contribution is 2.33. The summed E-state index contributed by atoms with van der Waals surface area (Å²) in [7, 11) is 0. The van der Waals surface area contributed by atoms with Crippen molar-refractivity contribution in [2.24, 2.45) is 5.41 Å². The molecule has 0 fully saturated rings. The highest BCUT2D eigenvalue weighted by atomic mass is 16.6. The quantitative estimate of drug-likeness (QED) is 0.227. The second-order valence-electron chi connectivity index (χ2n) is 9.23. The number of rotatable bonds is 17. The normalized spacial score (nSPS) is 16.7. The fourth-order valence-corrected chi connectivity index (χ4v) is 3.83. The van der Waals surface area contributed by atoms with E-state index in [0.717, 1.165) is 16.7 Å². The number of aliphatic hydroxyl groups excluding tert-OH is 2. The lowest BCUT2D eigenvalue weighted by atomic mass is 9.76. The van der Waals surface area contributed by atoms with Crippen LogP contribution in [0.25, 0.3) is 0 Å². The van der Waals surface area contributed by atoms with Crippen LogP contribution in [0.3, 0.4) is 0 Å². The highest BCUT2D eigenvalue weighted by molar-refractivity contribution is 5.49. The maximum atomic E-state index is 11.2. The molecule has 1 aliphatic carbocycles. The molecule has 2 aromatic rings. The van der Waals surface area contributed by atoms with Crippen molar-refractivity contribution >= 4 is 0 Å². The highest BCUT2D eigenvalue weighted by Gasteiger charge is 2.35. The van der Waals surface area contributed by atoms with Crippen LogP contribution < -0.4 is 0 Å². The van der Waals surface area contributed by atoms with Crippen molar-refractivity contribution in [3.8, 4) is 23.7 Å². The average molecular weight is 561 g/mol. The first kappa shape index (κ1) is 32.3. The van der Waals surface area contributed by atoms with Crippen LogP contribution in [0.2, 0.25) is 0 Å². The molecular formula is C34H40O7. The summed E-state index contributed by atoms with van der Waals surface area (Å²) in [5.41, 5.74) is 1.96. The molecule has 7 heteroatoms. The van der Waals surface area contributed by atoms with Crippen LogP contribution in [-0.4, -0.2) is 89.0 Å². The van der Waals surface area contributed by atoms with E-state index in [0.29, 0.717) is 65.9 Å². The van der Waals surface area contributed by atoms with E-state index in [1.165, 1.54) is 0 Å². The number of ether oxygens (including phenoxy) is 5. The molecule has 0 spiro atoms. The average Bonchev–Trinajstić information content (AvgIpc) is 3.02. The molecule has 0 radical (unpaired) electrons. The summed E-state index contributed by atoms with van der Waals surface area (Å²) in [6.07, 6.45) is 5.61. The second-order valence-corrected chi connectivity index (χ2v) is 9.23. The minimum atomic E-state index is -0.827. The molecule has 41 heavy (non-hydrogen) atoms. The fraction of sp³-hybridized carbons (Fsp3) is 0.412. The molecular weight excluding hydrogens is 520 g/mol. The lowest BCUT2D eigenvalue weighted by Gasteiger charge is -2.31. The minimum absolute atomic E-state index is 0.0145. The molecule has 2 atom stereocenters. The number of benzene rings is 2. The predicted octanol–water partition coefficient (Wildman–Crippen LogP) is 3.40. The summed E-state index contributed by atoms with van der Waals surface area (Å²) in [6, 6.07) is 19.6. The molecule has 1 aliphatic rings. The van der Waals surface area contributed by atoms with Crippen molar-refractivity contribution in [3.63, 3.8) is 0 Å². The first-order valence-electron chi connectivity index (χ1n) is 13.9. The molecule has 0 aromatic heterocycles. The van der Waals surface area contributed by atoms with Crippen molar-refractivity contribution in [1.29, 1.82) is 0 Å². The lowest BCUT2D eigenvalue weighted by Crippen LogP contribution is -2.37. The van der Waals surface area contributed by atoms with E-state index >= 15 is 0 Å². The van der Waals surface area contributed by atoms with Crippen LogP contribution in [0, 0.1) is 29.1 Å². The summed E-state index contributed by atoms with van der Waals surface area (Å²) in [5, 5.41) is 19.8. The van der Waals surface area contributed by atoms with E-state index in [-0.39, 0.29) is 13.2 Å². The maximum Gasteiger partial charge on any atom is 0.0977 e. The Balaban J connectivity index is 1.39. The summed E-state index contributed by atoms with van der Waals surface area (Å²) in [5.74, 6) is 12.9. The van der Waals surface area contributed by atoms with Gasteiger partial charge in [0.05, 0.1) is 84.2 Å². The third kappa shape index (κ3) is 12.9. The van der Waals surface area contributed by atoms with E-state index in [2.05, 4.69) is 23.7 Å². The van der Waals surface area contributed by atoms with E-state index in [1.54, 1.807) is 0 Å². The zero-order chi connectivity index (χ0) is 28.9. The molecule has 0 amide bonds.